The largest absolute Gasteiger partial charge is 0.391 e. The number of guanidine groups is 1. The van der Waals surface area contributed by atoms with E-state index in [9.17, 15) is 13.2 Å². The van der Waals surface area contributed by atoms with Gasteiger partial charge in [0.15, 0.2) is 5.96 Å². The van der Waals surface area contributed by atoms with E-state index in [1.165, 1.54) is 0 Å². The molecule has 26 heavy (non-hydrogen) atoms. The maximum absolute atomic E-state index is 12.8. The fourth-order valence-electron chi connectivity index (χ4n) is 3.57. The molecular weight excluding hydrogens is 458 g/mol. The van der Waals surface area contributed by atoms with Crippen LogP contribution >= 0.6 is 24.0 Å². The molecule has 0 aromatic carbocycles. The van der Waals surface area contributed by atoms with E-state index in [1.807, 2.05) is 6.92 Å². The molecule has 1 aliphatic carbocycles. The third-order valence-corrected chi connectivity index (χ3v) is 5.32. The number of likely N-dealkylation sites (N-methyl/N-ethyl adjacent to an activating group) is 2. The fourth-order valence-corrected chi connectivity index (χ4v) is 3.57. The monoisotopic (exact) mass is 491 g/mol. The zero-order chi connectivity index (χ0) is 18.4. The van der Waals surface area contributed by atoms with Crippen molar-refractivity contribution in [3.05, 3.63) is 0 Å². The Labute approximate surface area is 172 Å². The topological polar surface area (TPSA) is 42.9 Å². The predicted octanol–water partition coefficient (Wildman–Crippen LogP) is 2.53. The maximum Gasteiger partial charge on any atom is 0.391 e. The second kappa shape index (κ2) is 10.9. The molecule has 0 spiro atoms. The number of aliphatic imine (C=N–C) groups is 1. The zero-order valence-corrected chi connectivity index (χ0v) is 18.3. The van der Waals surface area contributed by atoms with Crippen LogP contribution in [0.25, 0.3) is 0 Å². The van der Waals surface area contributed by atoms with Crippen LogP contribution in [-0.4, -0.2) is 80.8 Å². The summed E-state index contributed by atoms with van der Waals surface area (Å²) in [7, 11) is 4.23. The number of nitrogens with zero attached hydrogens (tertiary/aromatic N) is 3. The average Bonchev–Trinajstić information content (AvgIpc) is 2.55. The first-order chi connectivity index (χ1) is 11.8. The molecule has 2 aliphatic rings. The Kier molecular flexibility index (Phi) is 9.95. The summed E-state index contributed by atoms with van der Waals surface area (Å²) in [4.78, 5) is 9.31. The summed E-state index contributed by atoms with van der Waals surface area (Å²) in [5, 5.41) is 6.56. The minimum Gasteiger partial charge on any atom is -0.357 e. The first-order valence-electron chi connectivity index (χ1n) is 9.30. The van der Waals surface area contributed by atoms with Crippen LogP contribution in [0.2, 0.25) is 0 Å². The van der Waals surface area contributed by atoms with Crippen LogP contribution in [0, 0.1) is 5.92 Å². The summed E-state index contributed by atoms with van der Waals surface area (Å²) in [6, 6.07) is 0.443. The van der Waals surface area contributed by atoms with Crippen LogP contribution in [0.4, 0.5) is 13.2 Å². The molecule has 2 rings (SSSR count). The summed E-state index contributed by atoms with van der Waals surface area (Å²) >= 11 is 0. The third-order valence-electron chi connectivity index (χ3n) is 5.32. The summed E-state index contributed by atoms with van der Waals surface area (Å²) < 4.78 is 38.3. The van der Waals surface area contributed by atoms with Crippen LogP contribution in [0.3, 0.4) is 0 Å². The first kappa shape index (κ1) is 23.7. The molecule has 2 N–H and O–H groups in total. The lowest BCUT2D eigenvalue weighted by molar-refractivity contribution is -0.182. The van der Waals surface area contributed by atoms with Gasteiger partial charge in [0.2, 0.25) is 0 Å². The lowest BCUT2D eigenvalue weighted by Gasteiger charge is -2.37. The molecule has 154 valence electrons. The number of halogens is 4. The van der Waals surface area contributed by atoms with Gasteiger partial charge in [0.05, 0.1) is 12.5 Å². The molecule has 1 atom stereocenters. The molecule has 1 heterocycles. The van der Waals surface area contributed by atoms with Gasteiger partial charge in [0.25, 0.3) is 0 Å². The highest BCUT2D eigenvalue weighted by atomic mass is 127. The van der Waals surface area contributed by atoms with Crippen LogP contribution in [-0.2, 0) is 0 Å². The van der Waals surface area contributed by atoms with E-state index >= 15 is 0 Å². The summed E-state index contributed by atoms with van der Waals surface area (Å²) in [5.41, 5.74) is 0. The van der Waals surface area contributed by atoms with Gasteiger partial charge in [-0.2, -0.15) is 13.2 Å². The number of nitrogens with one attached hydrogen (secondary N) is 2. The number of hydrogen-bond acceptors (Lipinski definition) is 3. The number of rotatable bonds is 4. The molecule has 0 bridgehead atoms. The van der Waals surface area contributed by atoms with Gasteiger partial charge in [-0.05, 0) is 46.7 Å². The van der Waals surface area contributed by atoms with Crippen molar-refractivity contribution < 1.29 is 13.2 Å². The summed E-state index contributed by atoms with van der Waals surface area (Å²) in [6.45, 7) is 6.51. The standard InChI is InChI=1S/C17H32F3N5.HI/c1-4-21-16(22-11-15-12-24(2)9-10-25(15)3)23-14-7-5-13(6-8-14)17(18,19)20;/h13-15H,4-12H2,1-3H3,(H2,21,22,23);1H. The normalized spacial score (nSPS) is 29.2. The highest BCUT2D eigenvalue weighted by Crippen LogP contribution is 2.37. The molecule has 1 saturated carbocycles. The molecule has 0 radical (unpaired) electrons. The van der Waals surface area contributed by atoms with E-state index < -0.39 is 12.1 Å². The van der Waals surface area contributed by atoms with Crippen molar-refractivity contribution in [3.63, 3.8) is 0 Å². The molecule has 5 nitrogen and oxygen atoms in total. The Morgan fingerprint density at radius 2 is 1.77 bits per heavy atom. The highest BCUT2D eigenvalue weighted by molar-refractivity contribution is 14.0. The van der Waals surface area contributed by atoms with Gasteiger partial charge in [0.1, 0.15) is 0 Å². The number of hydrogen-bond donors (Lipinski definition) is 2. The van der Waals surface area contributed by atoms with Crippen LogP contribution in [0.5, 0.6) is 0 Å². The third kappa shape index (κ3) is 7.38. The molecule has 2 fully saturated rings. The van der Waals surface area contributed by atoms with Gasteiger partial charge >= 0.3 is 6.18 Å². The van der Waals surface area contributed by atoms with Crippen molar-refractivity contribution in [3.8, 4) is 0 Å². The number of alkyl halides is 3. The zero-order valence-electron chi connectivity index (χ0n) is 16.0. The quantitative estimate of drug-likeness (QED) is 0.361. The van der Waals surface area contributed by atoms with Gasteiger partial charge in [-0.3, -0.25) is 9.89 Å². The van der Waals surface area contributed by atoms with Crippen LogP contribution < -0.4 is 10.6 Å². The summed E-state index contributed by atoms with van der Waals surface area (Å²) in [5.74, 6) is -0.420. The Morgan fingerprint density at radius 1 is 1.12 bits per heavy atom. The Morgan fingerprint density at radius 3 is 2.35 bits per heavy atom. The van der Waals surface area contributed by atoms with E-state index in [4.69, 9.17) is 0 Å². The molecule has 1 unspecified atom stereocenters. The van der Waals surface area contributed by atoms with Gasteiger partial charge in [0, 0.05) is 38.3 Å². The van der Waals surface area contributed by atoms with Gasteiger partial charge in [-0.15, -0.1) is 24.0 Å². The summed E-state index contributed by atoms with van der Waals surface area (Å²) in [6.07, 6.45) is -2.56. The maximum atomic E-state index is 12.8. The van der Waals surface area contributed by atoms with Gasteiger partial charge < -0.3 is 15.5 Å². The number of piperazine rings is 1. The lowest BCUT2D eigenvalue weighted by Crippen LogP contribution is -2.52. The van der Waals surface area contributed by atoms with Crippen molar-refractivity contribution in [2.75, 3.05) is 46.8 Å². The lowest BCUT2D eigenvalue weighted by atomic mass is 9.85. The Bertz CT molecular complexity index is 439. The molecule has 0 amide bonds. The minimum atomic E-state index is -4.05. The van der Waals surface area contributed by atoms with E-state index in [0.29, 0.717) is 25.4 Å². The first-order valence-corrected chi connectivity index (χ1v) is 9.30. The SMILES string of the molecule is CCNC(=NCC1CN(C)CCN1C)NC1CCC(C(F)(F)F)CC1.I. The fraction of sp³-hybridized carbons (Fsp3) is 0.941. The second-order valence-corrected chi connectivity index (χ2v) is 7.35. The Balaban J connectivity index is 0.00000338. The molecular formula is C17H33F3IN5. The van der Waals surface area contributed by atoms with Crippen LogP contribution in [0.1, 0.15) is 32.6 Å². The van der Waals surface area contributed by atoms with Crippen LogP contribution in [0.15, 0.2) is 4.99 Å². The van der Waals surface area contributed by atoms with Crippen molar-refractivity contribution in [2.24, 2.45) is 10.9 Å². The molecule has 1 saturated heterocycles. The van der Waals surface area contributed by atoms with E-state index in [-0.39, 0.29) is 42.9 Å². The average molecular weight is 491 g/mol. The Hall–Kier alpha value is -0.290. The predicted molar refractivity (Wildman–Crippen MR) is 110 cm³/mol. The highest BCUT2D eigenvalue weighted by Gasteiger charge is 2.41. The van der Waals surface area contributed by atoms with Gasteiger partial charge in [-0.25, -0.2) is 0 Å². The van der Waals surface area contributed by atoms with Crippen molar-refractivity contribution in [1.82, 2.24) is 20.4 Å². The minimum absolute atomic E-state index is 0. The second-order valence-electron chi connectivity index (χ2n) is 7.35. The van der Waals surface area contributed by atoms with Gasteiger partial charge in [-0.1, -0.05) is 0 Å². The van der Waals surface area contributed by atoms with E-state index in [2.05, 4.69) is 39.5 Å². The van der Waals surface area contributed by atoms with E-state index in [1.54, 1.807) is 0 Å². The van der Waals surface area contributed by atoms with E-state index in [0.717, 1.165) is 32.1 Å². The smallest absolute Gasteiger partial charge is 0.357 e. The van der Waals surface area contributed by atoms with Crippen molar-refractivity contribution >= 4 is 29.9 Å². The van der Waals surface area contributed by atoms with Crippen molar-refractivity contribution in [2.45, 2.75) is 50.9 Å². The van der Waals surface area contributed by atoms with Crippen molar-refractivity contribution in [1.29, 1.82) is 0 Å². The molecule has 0 aromatic rings. The molecule has 9 heteroatoms. The molecule has 0 aromatic heterocycles. The molecule has 1 aliphatic heterocycles.